The molecule has 0 saturated heterocycles. The van der Waals surface area contributed by atoms with Gasteiger partial charge in [0.1, 0.15) is 11.4 Å². The predicted molar refractivity (Wildman–Crippen MR) is 87.5 cm³/mol. The zero-order valence-corrected chi connectivity index (χ0v) is 14.9. The molecule has 0 radical (unpaired) electrons. The fourth-order valence-electron chi connectivity index (χ4n) is 2.21. The van der Waals surface area contributed by atoms with Crippen LogP contribution in [0.3, 0.4) is 0 Å². The summed E-state index contributed by atoms with van der Waals surface area (Å²) < 4.78 is 77.7. The average molecular weight is 407 g/mol. The van der Waals surface area contributed by atoms with Crippen LogP contribution in [0.4, 0.5) is 26.3 Å². The van der Waals surface area contributed by atoms with Crippen molar-refractivity contribution in [3.63, 3.8) is 0 Å². The molecule has 0 aliphatic carbocycles. The molecule has 1 heterocycles. The molecule has 0 unspecified atom stereocenters. The van der Waals surface area contributed by atoms with Gasteiger partial charge in [-0.2, -0.15) is 26.3 Å². The van der Waals surface area contributed by atoms with E-state index >= 15 is 0 Å². The number of halogens is 6. The molecule has 0 saturated carbocycles. The van der Waals surface area contributed by atoms with E-state index in [1.807, 2.05) is 0 Å². The highest BCUT2D eigenvalue weighted by Crippen LogP contribution is 2.37. The Kier molecular flexibility index (Phi) is 5.58. The Morgan fingerprint density at radius 3 is 1.93 bits per heavy atom. The minimum absolute atomic E-state index is 0.0307. The lowest BCUT2D eigenvalue weighted by Crippen LogP contribution is -2.36. The van der Waals surface area contributed by atoms with Gasteiger partial charge in [0.15, 0.2) is 0 Å². The van der Waals surface area contributed by atoms with Gasteiger partial charge in [0.25, 0.3) is 11.5 Å². The summed E-state index contributed by atoms with van der Waals surface area (Å²) in [5, 5.41) is 0. The van der Waals surface area contributed by atoms with E-state index in [1.54, 1.807) is 13.8 Å². The first-order valence-corrected chi connectivity index (χ1v) is 7.88. The number of aromatic amines is 1. The fraction of sp³-hybridized carbons (Fsp3) is 0.353. The maximum Gasteiger partial charge on any atom is 0.416 e. The molecule has 1 aromatic heterocycles. The standard InChI is InChI=1S/C17H15F6N3O2/c1-8(2)26(3)15(28)12-7-24-13(25-14(12)27)9-4-10(16(18,19)20)6-11(5-9)17(21,22)23/h4-8H,1-3H3,(H,24,25,27). The number of nitrogens with zero attached hydrogens (tertiary/aromatic N) is 2. The van der Waals surface area contributed by atoms with Gasteiger partial charge in [-0.05, 0) is 32.0 Å². The van der Waals surface area contributed by atoms with Gasteiger partial charge in [0.05, 0.1) is 11.1 Å². The van der Waals surface area contributed by atoms with Crippen molar-refractivity contribution in [2.45, 2.75) is 32.2 Å². The van der Waals surface area contributed by atoms with E-state index in [0.717, 1.165) is 6.20 Å². The Morgan fingerprint density at radius 2 is 1.54 bits per heavy atom. The normalized spacial score (nSPS) is 12.4. The summed E-state index contributed by atoms with van der Waals surface area (Å²) in [5.41, 5.74) is -5.04. The summed E-state index contributed by atoms with van der Waals surface area (Å²) in [7, 11) is 1.43. The van der Waals surface area contributed by atoms with Crippen molar-refractivity contribution in [3.8, 4) is 11.4 Å². The van der Waals surface area contributed by atoms with Crippen LogP contribution in [0.15, 0.2) is 29.2 Å². The molecule has 0 atom stereocenters. The zero-order chi connectivity index (χ0) is 21.4. The third-order valence-corrected chi connectivity index (χ3v) is 3.99. The first kappa shape index (κ1) is 21.5. The molecule has 1 N–H and O–H groups in total. The van der Waals surface area contributed by atoms with E-state index in [0.29, 0.717) is 12.1 Å². The van der Waals surface area contributed by atoms with Crippen molar-refractivity contribution in [1.82, 2.24) is 14.9 Å². The molecule has 0 aliphatic rings. The molecule has 0 aliphatic heterocycles. The molecule has 11 heteroatoms. The number of amides is 1. The van der Waals surface area contributed by atoms with Gasteiger partial charge in [0.2, 0.25) is 0 Å². The molecule has 1 amide bonds. The number of nitrogens with one attached hydrogen (secondary N) is 1. The predicted octanol–water partition coefficient (Wildman–Crippen LogP) is 3.95. The van der Waals surface area contributed by atoms with Gasteiger partial charge in [0, 0.05) is 24.8 Å². The number of rotatable bonds is 3. The minimum Gasteiger partial charge on any atom is -0.339 e. The SMILES string of the molecule is CC(C)N(C)C(=O)c1cnc(-c2cc(C(F)(F)F)cc(C(F)(F)F)c2)[nH]c1=O. The van der Waals surface area contributed by atoms with Crippen molar-refractivity contribution < 1.29 is 31.1 Å². The molecule has 0 bridgehead atoms. The summed E-state index contributed by atoms with van der Waals surface area (Å²) in [6.45, 7) is 3.38. The molecular formula is C17H15F6N3O2. The molecule has 5 nitrogen and oxygen atoms in total. The van der Waals surface area contributed by atoms with Crippen molar-refractivity contribution in [2.75, 3.05) is 7.05 Å². The Morgan fingerprint density at radius 1 is 1.04 bits per heavy atom. The zero-order valence-electron chi connectivity index (χ0n) is 14.9. The minimum atomic E-state index is -5.04. The molecule has 2 aromatic rings. The van der Waals surface area contributed by atoms with Crippen LogP contribution in [0.25, 0.3) is 11.4 Å². The Bertz CT molecular complexity index is 915. The van der Waals surface area contributed by atoms with E-state index in [1.165, 1.54) is 11.9 Å². The largest absolute Gasteiger partial charge is 0.416 e. The van der Waals surface area contributed by atoms with Gasteiger partial charge in [-0.1, -0.05) is 0 Å². The van der Waals surface area contributed by atoms with Crippen molar-refractivity contribution in [3.05, 3.63) is 51.4 Å². The van der Waals surface area contributed by atoms with Gasteiger partial charge in [-0.15, -0.1) is 0 Å². The molecular weight excluding hydrogens is 392 g/mol. The second-order valence-electron chi connectivity index (χ2n) is 6.28. The highest BCUT2D eigenvalue weighted by Gasteiger charge is 2.37. The second kappa shape index (κ2) is 7.28. The first-order chi connectivity index (χ1) is 12.7. The summed E-state index contributed by atoms with van der Waals surface area (Å²) in [6, 6.07) is 0.603. The van der Waals surface area contributed by atoms with E-state index in [-0.39, 0.29) is 17.7 Å². The van der Waals surface area contributed by atoms with Crippen LogP contribution in [-0.2, 0) is 12.4 Å². The van der Waals surface area contributed by atoms with Crippen LogP contribution in [0.5, 0.6) is 0 Å². The van der Waals surface area contributed by atoms with Crippen molar-refractivity contribution >= 4 is 5.91 Å². The topological polar surface area (TPSA) is 66.1 Å². The van der Waals surface area contributed by atoms with Crippen LogP contribution >= 0.6 is 0 Å². The smallest absolute Gasteiger partial charge is 0.339 e. The molecule has 28 heavy (non-hydrogen) atoms. The van der Waals surface area contributed by atoms with Crippen LogP contribution in [0.1, 0.15) is 35.3 Å². The van der Waals surface area contributed by atoms with Crippen LogP contribution in [0.2, 0.25) is 0 Å². The molecule has 152 valence electrons. The molecule has 1 aromatic carbocycles. The summed E-state index contributed by atoms with van der Waals surface area (Å²) in [6.07, 6.45) is -9.25. The monoisotopic (exact) mass is 407 g/mol. The van der Waals surface area contributed by atoms with Crippen LogP contribution in [0, 0.1) is 0 Å². The summed E-state index contributed by atoms with van der Waals surface area (Å²) in [5.74, 6) is -1.21. The van der Waals surface area contributed by atoms with Crippen LogP contribution in [-0.4, -0.2) is 33.9 Å². The average Bonchev–Trinajstić information content (AvgIpc) is 2.58. The second-order valence-corrected chi connectivity index (χ2v) is 6.28. The molecule has 2 rings (SSSR count). The third-order valence-electron chi connectivity index (χ3n) is 3.99. The number of aromatic nitrogens is 2. The summed E-state index contributed by atoms with van der Waals surface area (Å²) >= 11 is 0. The lowest BCUT2D eigenvalue weighted by Gasteiger charge is -2.20. The maximum absolute atomic E-state index is 13.0. The lowest BCUT2D eigenvalue weighted by atomic mass is 10.0. The quantitative estimate of drug-likeness (QED) is 0.784. The number of alkyl halides is 6. The van der Waals surface area contributed by atoms with E-state index in [2.05, 4.69) is 9.97 Å². The Hall–Kier alpha value is -2.85. The van der Waals surface area contributed by atoms with Crippen molar-refractivity contribution in [1.29, 1.82) is 0 Å². The van der Waals surface area contributed by atoms with E-state index < -0.39 is 46.3 Å². The van der Waals surface area contributed by atoms with E-state index in [9.17, 15) is 35.9 Å². The Balaban J connectivity index is 2.58. The lowest BCUT2D eigenvalue weighted by molar-refractivity contribution is -0.143. The number of H-pyrrole nitrogens is 1. The fourth-order valence-corrected chi connectivity index (χ4v) is 2.21. The highest BCUT2D eigenvalue weighted by molar-refractivity contribution is 5.93. The number of carbonyl (C=O) groups excluding carboxylic acids is 1. The van der Waals surface area contributed by atoms with Gasteiger partial charge < -0.3 is 9.88 Å². The van der Waals surface area contributed by atoms with Crippen LogP contribution < -0.4 is 5.56 Å². The first-order valence-electron chi connectivity index (χ1n) is 7.88. The molecule has 0 fully saturated rings. The molecule has 0 spiro atoms. The number of carbonyl (C=O) groups is 1. The number of hydrogen-bond acceptors (Lipinski definition) is 3. The highest BCUT2D eigenvalue weighted by atomic mass is 19.4. The third kappa shape index (κ3) is 4.52. The Labute approximate surface area is 155 Å². The van der Waals surface area contributed by atoms with Crippen molar-refractivity contribution in [2.24, 2.45) is 0 Å². The van der Waals surface area contributed by atoms with Gasteiger partial charge >= 0.3 is 12.4 Å². The van der Waals surface area contributed by atoms with E-state index in [4.69, 9.17) is 0 Å². The summed E-state index contributed by atoms with van der Waals surface area (Å²) in [4.78, 5) is 31.3. The van der Waals surface area contributed by atoms with Gasteiger partial charge in [-0.3, -0.25) is 9.59 Å². The number of benzene rings is 1. The number of hydrogen-bond donors (Lipinski definition) is 1. The van der Waals surface area contributed by atoms with Gasteiger partial charge in [-0.25, -0.2) is 4.98 Å². The maximum atomic E-state index is 13.0.